The molecule has 0 fully saturated rings. The number of amides is 1. The van der Waals surface area contributed by atoms with Gasteiger partial charge in [0.1, 0.15) is 0 Å². The monoisotopic (exact) mass is 453 g/mol. The Morgan fingerprint density at radius 1 is 0.933 bits per heavy atom. The zero-order valence-corrected chi connectivity index (χ0v) is 18.1. The highest BCUT2D eigenvalue weighted by atomic mass is 35.5. The highest BCUT2D eigenvalue weighted by Crippen LogP contribution is 2.33. The fourth-order valence-electron chi connectivity index (χ4n) is 2.95. The van der Waals surface area contributed by atoms with Gasteiger partial charge in [0.2, 0.25) is 5.91 Å². The molecule has 150 valence electrons. The van der Waals surface area contributed by atoms with Crippen LogP contribution < -0.4 is 5.32 Å². The number of nitrogens with one attached hydrogen (secondary N) is 2. The molecule has 3 aromatic carbocycles. The second kappa shape index (κ2) is 9.39. The lowest BCUT2D eigenvalue weighted by molar-refractivity contribution is -0.113. The number of carbonyl (C=O) groups is 1. The third-order valence-corrected chi connectivity index (χ3v) is 5.77. The first-order valence-corrected chi connectivity index (χ1v) is 10.9. The van der Waals surface area contributed by atoms with Gasteiger partial charge in [0.05, 0.1) is 27.9 Å². The molecule has 1 aromatic heterocycles. The number of aromatic amines is 1. The van der Waals surface area contributed by atoms with Crippen LogP contribution in [0.15, 0.2) is 84.0 Å². The Morgan fingerprint density at radius 3 is 2.30 bits per heavy atom. The summed E-state index contributed by atoms with van der Waals surface area (Å²) in [4.78, 5) is 20.5. The Bertz CT molecular complexity index is 1110. The SMILES string of the molecule is O=C(CSc1nc(-c2ccccc2)c(-c2ccccc2)[nH]1)Nc1cc(Cl)ccc1Cl. The summed E-state index contributed by atoms with van der Waals surface area (Å²) in [5, 5.41) is 4.40. The van der Waals surface area contributed by atoms with E-state index in [4.69, 9.17) is 28.2 Å². The summed E-state index contributed by atoms with van der Waals surface area (Å²) in [5.74, 6) is -0.0122. The van der Waals surface area contributed by atoms with Crippen LogP contribution in [0.1, 0.15) is 0 Å². The molecule has 1 heterocycles. The minimum atomic E-state index is -0.192. The number of H-pyrrole nitrogens is 1. The number of carbonyl (C=O) groups excluding carboxylic acids is 1. The lowest BCUT2D eigenvalue weighted by Crippen LogP contribution is -2.14. The van der Waals surface area contributed by atoms with Crippen molar-refractivity contribution in [3.63, 3.8) is 0 Å². The van der Waals surface area contributed by atoms with Crippen molar-refractivity contribution in [3.8, 4) is 22.5 Å². The Hall–Kier alpha value is -2.73. The maximum atomic E-state index is 12.4. The van der Waals surface area contributed by atoms with Crippen molar-refractivity contribution in [2.45, 2.75) is 5.16 Å². The quantitative estimate of drug-likeness (QED) is 0.316. The molecule has 0 aliphatic rings. The summed E-state index contributed by atoms with van der Waals surface area (Å²) in [6.07, 6.45) is 0. The average Bonchev–Trinajstić information content (AvgIpc) is 3.20. The van der Waals surface area contributed by atoms with Gasteiger partial charge in [0.15, 0.2) is 5.16 Å². The molecular formula is C23H17Cl2N3OS. The third-order valence-electron chi connectivity index (χ3n) is 4.33. The molecule has 4 aromatic rings. The van der Waals surface area contributed by atoms with Gasteiger partial charge in [-0.25, -0.2) is 4.98 Å². The molecular weight excluding hydrogens is 437 g/mol. The van der Waals surface area contributed by atoms with Crippen LogP contribution in [0.4, 0.5) is 5.69 Å². The molecule has 0 atom stereocenters. The van der Waals surface area contributed by atoms with E-state index in [1.54, 1.807) is 18.2 Å². The predicted octanol–water partition coefficient (Wildman–Crippen LogP) is 6.78. The zero-order chi connectivity index (χ0) is 20.9. The van der Waals surface area contributed by atoms with Crippen LogP contribution in [-0.2, 0) is 4.79 Å². The fraction of sp³-hybridized carbons (Fsp3) is 0.0435. The van der Waals surface area contributed by atoms with Crippen molar-refractivity contribution in [2.24, 2.45) is 0 Å². The van der Waals surface area contributed by atoms with Crippen LogP contribution in [0.25, 0.3) is 22.5 Å². The first-order chi connectivity index (χ1) is 14.6. The molecule has 30 heavy (non-hydrogen) atoms. The first kappa shape index (κ1) is 20.5. The maximum Gasteiger partial charge on any atom is 0.234 e. The molecule has 4 rings (SSSR count). The van der Waals surface area contributed by atoms with Crippen LogP contribution in [0.5, 0.6) is 0 Å². The lowest BCUT2D eigenvalue weighted by Gasteiger charge is -2.06. The summed E-state index contributed by atoms with van der Waals surface area (Å²) in [5.41, 5.74) is 4.30. The number of anilines is 1. The van der Waals surface area contributed by atoms with E-state index in [9.17, 15) is 4.79 Å². The van der Waals surface area contributed by atoms with E-state index >= 15 is 0 Å². The minimum absolute atomic E-state index is 0.179. The van der Waals surface area contributed by atoms with Gasteiger partial charge in [0.25, 0.3) is 0 Å². The highest BCUT2D eigenvalue weighted by Gasteiger charge is 2.15. The summed E-state index contributed by atoms with van der Waals surface area (Å²) >= 11 is 13.4. The van der Waals surface area contributed by atoms with Gasteiger partial charge in [-0.3, -0.25) is 4.79 Å². The molecule has 2 N–H and O–H groups in total. The number of imidazole rings is 1. The Labute approximate surface area is 188 Å². The fourth-order valence-corrected chi connectivity index (χ4v) is 3.96. The molecule has 0 unspecified atom stereocenters. The van der Waals surface area contributed by atoms with Crippen LogP contribution in [-0.4, -0.2) is 21.6 Å². The topological polar surface area (TPSA) is 57.8 Å². The minimum Gasteiger partial charge on any atom is -0.332 e. The number of hydrogen-bond donors (Lipinski definition) is 2. The molecule has 0 radical (unpaired) electrons. The Morgan fingerprint density at radius 2 is 1.60 bits per heavy atom. The van der Waals surface area contributed by atoms with Crippen LogP contribution >= 0.6 is 35.0 Å². The van der Waals surface area contributed by atoms with Crippen molar-refractivity contribution >= 4 is 46.6 Å². The maximum absolute atomic E-state index is 12.4. The van der Waals surface area contributed by atoms with E-state index < -0.39 is 0 Å². The number of aromatic nitrogens is 2. The normalized spacial score (nSPS) is 10.7. The van der Waals surface area contributed by atoms with E-state index in [1.165, 1.54) is 11.8 Å². The number of halogens is 2. The Kier molecular flexibility index (Phi) is 6.43. The summed E-state index contributed by atoms with van der Waals surface area (Å²) in [7, 11) is 0. The second-order valence-corrected chi connectivity index (χ2v) is 8.27. The smallest absolute Gasteiger partial charge is 0.234 e. The van der Waals surface area contributed by atoms with E-state index in [0.29, 0.717) is 20.9 Å². The first-order valence-electron chi connectivity index (χ1n) is 9.19. The van der Waals surface area contributed by atoms with E-state index in [2.05, 4.69) is 10.3 Å². The zero-order valence-electron chi connectivity index (χ0n) is 15.7. The van der Waals surface area contributed by atoms with Crippen molar-refractivity contribution in [2.75, 3.05) is 11.1 Å². The van der Waals surface area contributed by atoms with E-state index in [0.717, 1.165) is 22.5 Å². The summed E-state index contributed by atoms with van der Waals surface area (Å²) in [6, 6.07) is 24.9. The molecule has 0 aliphatic carbocycles. The van der Waals surface area contributed by atoms with Crippen molar-refractivity contribution < 1.29 is 4.79 Å². The molecule has 7 heteroatoms. The molecule has 0 spiro atoms. The molecule has 4 nitrogen and oxygen atoms in total. The predicted molar refractivity (Wildman–Crippen MR) is 125 cm³/mol. The van der Waals surface area contributed by atoms with Gasteiger partial charge >= 0.3 is 0 Å². The molecule has 0 aliphatic heterocycles. The van der Waals surface area contributed by atoms with Gasteiger partial charge in [-0.05, 0) is 18.2 Å². The van der Waals surface area contributed by atoms with Crippen molar-refractivity contribution in [1.29, 1.82) is 0 Å². The number of benzene rings is 3. The summed E-state index contributed by atoms with van der Waals surface area (Å²) < 4.78 is 0. The Balaban J connectivity index is 1.54. The molecule has 1 amide bonds. The third kappa shape index (κ3) is 4.87. The van der Waals surface area contributed by atoms with Crippen molar-refractivity contribution in [3.05, 3.63) is 88.9 Å². The van der Waals surface area contributed by atoms with Gasteiger partial charge < -0.3 is 10.3 Å². The van der Waals surface area contributed by atoms with Gasteiger partial charge in [0, 0.05) is 16.1 Å². The van der Waals surface area contributed by atoms with Gasteiger partial charge in [-0.15, -0.1) is 0 Å². The molecule has 0 bridgehead atoms. The average molecular weight is 454 g/mol. The summed E-state index contributed by atoms with van der Waals surface area (Å²) in [6.45, 7) is 0. The number of hydrogen-bond acceptors (Lipinski definition) is 3. The second-order valence-electron chi connectivity index (χ2n) is 6.46. The number of nitrogens with zero attached hydrogens (tertiary/aromatic N) is 1. The van der Waals surface area contributed by atoms with Gasteiger partial charge in [-0.2, -0.15) is 0 Å². The highest BCUT2D eigenvalue weighted by molar-refractivity contribution is 7.99. The van der Waals surface area contributed by atoms with E-state index in [-0.39, 0.29) is 11.7 Å². The lowest BCUT2D eigenvalue weighted by atomic mass is 10.1. The van der Waals surface area contributed by atoms with Crippen molar-refractivity contribution in [1.82, 2.24) is 9.97 Å². The van der Waals surface area contributed by atoms with Crippen LogP contribution in [0.3, 0.4) is 0 Å². The molecule has 0 saturated heterocycles. The van der Waals surface area contributed by atoms with Gasteiger partial charge in [-0.1, -0.05) is 95.6 Å². The van der Waals surface area contributed by atoms with E-state index in [1.807, 2.05) is 60.7 Å². The molecule has 0 saturated carbocycles. The van der Waals surface area contributed by atoms with Crippen LogP contribution in [0, 0.1) is 0 Å². The largest absolute Gasteiger partial charge is 0.332 e. The standard InChI is InChI=1S/C23H17Cl2N3OS/c24-17-11-12-18(25)19(13-17)26-20(29)14-30-23-27-21(15-7-3-1-4-8-15)22(28-23)16-9-5-2-6-10-16/h1-13H,14H2,(H,26,29)(H,27,28). The number of rotatable bonds is 6. The number of thioether (sulfide) groups is 1. The van der Waals surface area contributed by atoms with Crippen LogP contribution in [0.2, 0.25) is 10.0 Å².